The molecule has 0 saturated heterocycles. The quantitative estimate of drug-likeness (QED) is 0.881. The van der Waals surface area contributed by atoms with Crippen LogP contribution in [0.3, 0.4) is 0 Å². The number of aryl methyl sites for hydroxylation is 1. The predicted molar refractivity (Wildman–Crippen MR) is 96.6 cm³/mol. The summed E-state index contributed by atoms with van der Waals surface area (Å²) in [5, 5.41) is 5.73. The third-order valence-corrected chi connectivity index (χ3v) is 4.21. The maximum Gasteiger partial charge on any atom is 0.231 e. The van der Waals surface area contributed by atoms with Gasteiger partial charge in [0.05, 0.1) is 11.6 Å². The molecular formula is C20H22N2O3. The number of nitrogens with one attached hydrogen (secondary N) is 2. The molecule has 5 heteroatoms. The summed E-state index contributed by atoms with van der Waals surface area (Å²) < 4.78 is 5.70. The molecule has 1 aliphatic rings. The molecule has 1 unspecified atom stereocenters. The van der Waals surface area contributed by atoms with Crippen molar-refractivity contribution in [1.29, 1.82) is 0 Å². The highest BCUT2D eigenvalue weighted by atomic mass is 16.5. The van der Waals surface area contributed by atoms with Gasteiger partial charge in [-0.15, -0.1) is 0 Å². The van der Waals surface area contributed by atoms with E-state index in [2.05, 4.69) is 10.6 Å². The van der Waals surface area contributed by atoms with Crippen molar-refractivity contribution in [1.82, 2.24) is 5.32 Å². The molecule has 5 nitrogen and oxygen atoms in total. The second-order valence-electron chi connectivity index (χ2n) is 6.29. The zero-order valence-corrected chi connectivity index (χ0v) is 14.2. The number of hydrogen-bond acceptors (Lipinski definition) is 3. The van der Waals surface area contributed by atoms with E-state index in [-0.39, 0.29) is 24.8 Å². The topological polar surface area (TPSA) is 67.4 Å². The van der Waals surface area contributed by atoms with Crippen molar-refractivity contribution in [2.45, 2.75) is 19.8 Å². The van der Waals surface area contributed by atoms with Crippen LogP contribution in [-0.4, -0.2) is 25.0 Å². The highest BCUT2D eigenvalue weighted by molar-refractivity contribution is 5.97. The van der Waals surface area contributed by atoms with Gasteiger partial charge in [0, 0.05) is 13.0 Å². The van der Waals surface area contributed by atoms with Gasteiger partial charge in [-0.2, -0.15) is 0 Å². The fourth-order valence-corrected chi connectivity index (χ4v) is 2.81. The van der Waals surface area contributed by atoms with Gasteiger partial charge in [0.1, 0.15) is 12.4 Å². The molecule has 0 bridgehead atoms. The van der Waals surface area contributed by atoms with E-state index in [1.54, 1.807) is 0 Å². The lowest BCUT2D eigenvalue weighted by molar-refractivity contribution is -0.128. The minimum atomic E-state index is -0.496. The van der Waals surface area contributed by atoms with Crippen LogP contribution in [0.5, 0.6) is 5.75 Å². The van der Waals surface area contributed by atoms with Gasteiger partial charge in [0.2, 0.25) is 11.8 Å². The van der Waals surface area contributed by atoms with Crippen LogP contribution in [0.1, 0.15) is 17.5 Å². The summed E-state index contributed by atoms with van der Waals surface area (Å²) in [7, 11) is 0. The van der Waals surface area contributed by atoms with Crippen LogP contribution in [0.2, 0.25) is 0 Å². The van der Waals surface area contributed by atoms with Crippen molar-refractivity contribution >= 4 is 17.5 Å². The third-order valence-electron chi connectivity index (χ3n) is 4.21. The van der Waals surface area contributed by atoms with Crippen molar-refractivity contribution in [3.8, 4) is 5.75 Å². The Hall–Kier alpha value is -2.82. The average Bonchev–Trinajstić information content (AvgIpc) is 2.74. The van der Waals surface area contributed by atoms with E-state index in [4.69, 9.17) is 4.74 Å². The predicted octanol–water partition coefficient (Wildman–Crippen LogP) is 2.69. The molecule has 2 amide bonds. The Labute approximate surface area is 147 Å². The lowest BCUT2D eigenvalue weighted by Gasteiger charge is -2.12. The van der Waals surface area contributed by atoms with E-state index in [1.807, 2.05) is 55.5 Å². The number of benzene rings is 2. The molecule has 0 aromatic heterocycles. The molecule has 1 heterocycles. The van der Waals surface area contributed by atoms with Crippen LogP contribution in [0, 0.1) is 12.8 Å². The van der Waals surface area contributed by atoms with Crippen LogP contribution >= 0.6 is 0 Å². The molecule has 1 atom stereocenters. The zero-order valence-electron chi connectivity index (χ0n) is 14.2. The normalized spacial score (nSPS) is 16.2. The largest absolute Gasteiger partial charge is 0.491 e. The molecule has 2 N–H and O–H groups in total. The third kappa shape index (κ3) is 4.59. The van der Waals surface area contributed by atoms with Crippen LogP contribution in [0.25, 0.3) is 0 Å². The average molecular weight is 338 g/mol. The van der Waals surface area contributed by atoms with Crippen molar-refractivity contribution in [2.24, 2.45) is 5.92 Å². The molecule has 0 saturated carbocycles. The van der Waals surface area contributed by atoms with Crippen LogP contribution < -0.4 is 15.4 Å². The number of hydrogen-bond donors (Lipinski definition) is 2. The summed E-state index contributed by atoms with van der Waals surface area (Å²) in [6, 6.07) is 15.6. The van der Waals surface area contributed by atoms with E-state index in [0.717, 1.165) is 12.0 Å². The first-order valence-electron chi connectivity index (χ1n) is 8.47. The summed E-state index contributed by atoms with van der Waals surface area (Å²) in [6.07, 6.45) is 0.887. The summed E-state index contributed by atoms with van der Waals surface area (Å²) >= 11 is 0. The Balaban J connectivity index is 1.51. The minimum absolute atomic E-state index is 0.119. The SMILES string of the molecule is Cc1ccc2c(c1)NC(=O)C(CC(=O)NCCc1ccccc1)CO2. The highest BCUT2D eigenvalue weighted by Gasteiger charge is 2.26. The fraction of sp³-hybridized carbons (Fsp3) is 0.300. The summed E-state index contributed by atoms with van der Waals surface area (Å²) in [5.41, 5.74) is 2.88. The molecule has 0 radical (unpaired) electrons. The smallest absolute Gasteiger partial charge is 0.231 e. The van der Waals surface area contributed by atoms with Gasteiger partial charge in [-0.25, -0.2) is 0 Å². The number of carbonyl (C=O) groups is 2. The van der Waals surface area contributed by atoms with Gasteiger partial charge >= 0.3 is 0 Å². The molecule has 0 fully saturated rings. The lowest BCUT2D eigenvalue weighted by Crippen LogP contribution is -2.33. The first-order valence-corrected chi connectivity index (χ1v) is 8.47. The molecule has 0 spiro atoms. The van der Waals surface area contributed by atoms with Crippen molar-refractivity contribution < 1.29 is 14.3 Å². The minimum Gasteiger partial charge on any atom is -0.491 e. The molecule has 1 aliphatic heterocycles. The van der Waals surface area contributed by atoms with E-state index in [1.165, 1.54) is 5.56 Å². The Morgan fingerprint density at radius 3 is 2.84 bits per heavy atom. The van der Waals surface area contributed by atoms with Gasteiger partial charge in [-0.1, -0.05) is 36.4 Å². The molecule has 3 rings (SSSR count). The Morgan fingerprint density at radius 2 is 2.04 bits per heavy atom. The van der Waals surface area contributed by atoms with Crippen molar-refractivity contribution in [3.63, 3.8) is 0 Å². The van der Waals surface area contributed by atoms with Crippen LogP contribution in [-0.2, 0) is 16.0 Å². The zero-order chi connectivity index (χ0) is 17.6. The number of rotatable bonds is 5. The second-order valence-corrected chi connectivity index (χ2v) is 6.29. The van der Waals surface area contributed by atoms with Gasteiger partial charge in [-0.05, 0) is 36.6 Å². The van der Waals surface area contributed by atoms with E-state index in [9.17, 15) is 9.59 Å². The molecular weight excluding hydrogens is 316 g/mol. The standard InChI is InChI=1S/C20H22N2O3/c1-14-7-8-18-17(11-14)22-20(24)16(13-25-18)12-19(23)21-10-9-15-5-3-2-4-6-15/h2-8,11,16H,9-10,12-13H2,1H3,(H,21,23)(H,22,24). The highest BCUT2D eigenvalue weighted by Crippen LogP contribution is 2.29. The fourth-order valence-electron chi connectivity index (χ4n) is 2.81. The van der Waals surface area contributed by atoms with Gasteiger partial charge in [-0.3, -0.25) is 9.59 Å². The maximum atomic E-state index is 12.3. The Morgan fingerprint density at radius 1 is 1.24 bits per heavy atom. The summed E-state index contributed by atoms with van der Waals surface area (Å²) in [4.78, 5) is 24.5. The number of amides is 2. The van der Waals surface area contributed by atoms with E-state index in [0.29, 0.717) is 18.0 Å². The van der Waals surface area contributed by atoms with Crippen LogP contribution in [0.4, 0.5) is 5.69 Å². The molecule has 0 aliphatic carbocycles. The molecule has 2 aromatic carbocycles. The van der Waals surface area contributed by atoms with E-state index >= 15 is 0 Å². The number of anilines is 1. The van der Waals surface area contributed by atoms with Crippen molar-refractivity contribution in [2.75, 3.05) is 18.5 Å². The van der Waals surface area contributed by atoms with Crippen LogP contribution in [0.15, 0.2) is 48.5 Å². The number of carbonyl (C=O) groups excluding carboxylic acids is 2. The second kappa shape index (κ2) is 7.83. The maximum absolute atomic E-state index is 12.3. The first kappa shape index (κ1) is 17.0. The van der Waals surface area contributed by atoms with Gasteiger partial charge in [0.15, 0.2) is 0 Å². The van der Waals surface area contributed by atoms with Crippen molar-refractivity contribution in [3.05, 3.63) is 59.7 Å². The molecule has 25 heavy (non-hydrogen) atoms. The molecule has 2 aromatic rings. The first-order chi connectivity index (χ1) is 12.1. The Bertz CT molecular complexity index is 759. The molecule has 130 valence electrons. The number of ether oxygens (including phenoxy) is 1. The van der Waals surface area contributed by atoms with E-state index < -0.39 is 5.92 Å². The monoisotopic (exact) mass is 338 g/mol. The lowest BCUT2D eigenvalue weighted by atomic mass is 10.1. The summed E-state index contributed by atoms with van der Waals surface area (Å²) in [6.45, 7) is 2.71. The summed E-state index contributed by atoms with van der Waals surface area (Å²) in [5.74, 6) is -0.167. The number of fused-ring (bicyclic) bond motifs is 1. The van der Waals surface area contributed by atoms with Gasteiger partial charge in [0.25, 0.3) is 0 Å². The Kier molecular flexibility index (Phi) is 5.33. The van der Waals surface area contributed by atoms with Gasteiger partial charge < -0.3 is 15.4 Å².